The Labute approximate surface area is 250 Å². The third kappa shape index (κ3) is 8.07. The van der Waals surface area contributed by atoms with Gasteiger partial charge in [-0.25, -0.2) is 24.4 Å². The van der Waals surface area contributed by atoms with Crippen LogP contribution in [-0.2, 0) is 27.2 Å². The maximum absolute atomic E-state index is 13.4. The van der Waals surface area contributed by atoms with Crippen molar-refractivity contribution in [2.45, 2.75) is 72.1 Å². The molecule has 2 aromatic heterocycles. The predicted octanol–water partition coefficient (Wildman–Crippen LogP) is 6.61. The Morgan fingerprint density at radius 3 is 2.23 bits per heavy atom. The van der Waals surface area contributed by atoms with Crippen molar-refractivity contribution in [1.82, 2.24) is 14.5 Å². The SMILES string of the molecule is CC(C)(C)OC(=O)N(C(=O)OC(C)(C)C)c1nc2ccccc2c2c1ncn2CCOCCCc1cccc(C(=O)O)c1. The van der Waals surface area contributed by atoms with Gasteiger partial charge in [0, 0.05) is 18.5 Å². The number of carbonyl (C=O) groups is 3. The number of imidazole rings is 1. The minimum atomic E-state index is -0.947. The van der Waals surface area contributed by atoms with Gasteiger partial charge in [-0.3, -0.25) is 0 Å². The molecule has 0 bridgehead atoms. The van der Waals surface area contributed by atoms with E-state index in [1.54, 1.807) is 72.1 Å². The predicted molar refractivity (Wildman–Crippen MR) is 163 cm³/mol. The topological polar surface area (TPSA) is 133 Å². The number of carboxylic acid groups (broad SMARTS) is 1. The summed E-state index contributed by atoms with van der Waals surface area (Å²) >= 11 is 0. The van der Waals surface area contributed by atoms with E-state index in [0.717, 1.165) is 22.3 Å². The van der Waals surface area contributed by atoms with Crippen molar-refractivity contribution >= 4 is 45.9 Å². The van der Waals surface area contributed by atoms with Gasteiger partial charge < -0.3 is 23.9 Å². The Bertz CT molecular complexity index is 1600. The van der Waals surface area contributed by atoms with Gasteiger partial charge >= 0.3 is 18.2 Å². The fourth-order valence-electron chi connectivity index (χ4n) is 4.46. The summed E-state index contributed by atoms with van der Waals surface area (Å²) < 4.78 is 18.9. The van der Waals surface area contributed by atoms with E-state index in [-0.39, 0.29) is 11.4 Å². The molecule has 0 spiro atoms. The van der Waals surface area contributed by atoms with Crippen LogP contribution >= 0.6 is 0 Å². The monoisotopic (exact) mass is 590 g/mol. The molecule has 0 aliphatic rings. The molecule has 0 saturated heterocycles. The Kier molecular flexibility index (Phi) is 9.34. The molecule has 228 valence electrons. The zero-order valence-electron chi connectivity index (χ0n) is 25.4. The molecule has 0 aliphatic heterocycles. The molecule has 0 unspecified atom stereocenters. The standard InChI is InChI=1S/C32H38N4O7/c1-31(2,3)42-29(39)36(30(40)43-32(4,5)6)27-25-26(23-14-7-8-15-24(23)34-27)35(20-33-25)16-18-41-17-10-12-21-11-9-13-22(19-21)28(37)38/h7-9,11,13-15,19-20H,10,12,16-18H2,1-6H3,(H,37,38). The Morgan fingerprint density at radius 2 is 1.58 bits per heavy atom. The largest absolute Gasteiger partial charge is 0.478 e. The van der Waals surface area contributed by atoms with Crippen LogP contribution < -0.4 is 4.90 Å². The maximum Gasteiger partial charge on any atom is 0.425 e. The molecule has 11 nitrogen and oxygen atoms in total. The highest BCUT2D eigenvalue weighted by Gasteiger charge is 2.36. The molecule has 0 radical (unpaired) electrons. The number of hydrogen-bond donors (Lipinski definition) is 1. The Morgan fingerprint density at radius 1 is 0.907 bits per heavy atom. The summed E-state index contributed by atoms with van der Waals surface area (Å²) in [6.07, 6.45) is 1.21. The Hall–Kier alpha value is -4.51. The van der Waals surface area contributed by atoms with Crippen LogP contribution in [-0.4, -0.2) is 62.2 Å². The van der Waals surface area contributed by atoms with Crippen LogP contribution in [0.1, 0.15) is 63.9 Å². The summed E-state index contributed by atoms with van der Waals surface area (Å²) in [5.41, 5.74) is 1.05. The highest BCUT2D eigenvalue weighted by molar-refractivity contribution is 6.16. The molecule has 2 amide bonds. The molecule has 0 saturated carbocycles. The van der Waals surface area contributed by atoms with E-state index >= 15 is 0 Å². The van der Waals surface area contributed by atoms with Crippen molar-refractivity contribution < 1.29 is 33.7 Å². The zero-order valence-corrected chi connectivity index (χ0v) is 25.4. The average molecular weight is 591 g/mol. The van der Waals surface area contributed by atoms with E-state index in [1.165, 1.54) is 0 Å². The number of anilines is 1. The summed E-state index contributed by atoms with van der Waals surface area (Å²) in [4.78, 5) is 48.0. The van der Waals surface area contributed by atoms with E-state index in [1.807, 2.05) is 28.8 Å². The Balaban J connectivity index is 1.58. The molecule has 11 heteroatoms. The van der Waals surface area contributed by atoms with Crippen LogP contribution in [0.25, 0.3) is 21.9 Å². The minimum Gasteiger partial charge on any atom is -0.478 e. The number of benzene rings is 2. The summed E-state index contributed by atoms with van der Waals surface area (Å²) in [6.45, 7) is 11.6. The summed E-state index contributed by atoms with van der Waals surface area (Å²) in [6, 6.07) is 14.3. The molecule has 4 rings (SSSR count). The van der Waals surface area contributed by atoms with E-state index < -0.39 is 29.4 Å². The first-order valence-corrected chi connectivity index (χ1v) is 14.1. The normalized spacial score (nSPS) is 12.0. The van der Waals surface area contributed by atoms with Gasteiger partial charge in [-0.1, -0.05) is 30.3 Å². The first-order valence-electron chi connectivity index (χ1n) is 14.1. The second kappa shape index (κ2) is 12.8. The first kappa shape index (κ1) is 31.4. The summed E-state index contributed by atoms with van der Waals surface area (Å²) in [7, 11) is 0. The second-order valence-corrected chi connectivity index (χ2v) is 12.1. The van der Waals surface area contributed by atoms with Crippen LogP contribution in [0.15, 0.2) is 54.9 Å². The number of fused-ring (bicyclic) bond motifs is 3. The van der Waals surface area contributed by atoms with Crippen LogP contribution in [0.5, 0.6) is 0 Å². The van der Waals surface area contributed by atoms with Crippen molar-refractivity contribution in [2.24, 2.45) is 0 Å². The number of aryl methyl sites for hydroxylation is 1. The number of pyridine rings is 1. The molecule has 1 N–H and O–H groups in total. The quantitative estimate of drug-likeness (QED) is 0.214. The first-order chi connectivity index (χ1) is 20.2. The smallest absolute Gasteiger partial charge is 0.425 e. The zero-order chi connectivity index (χ0) is 31.4. The van der Waals surface area contributed by atoms with Gasteiger partial charge in [-0.2, -0.15) is 4.90 Å². The van der Waals surface area contributed by atoms with E-state index in [0.29, 0.717) is 42.7 Å². The molecule has 0 aliphatic carbocycles. The number of aromatic nitrogens is 3. The van der Waals surface area contributed by atoms with Gasteiger partial charge in [-0.05, 0) is 78.1 Å². The lowest BCUT2D eigenvalue weighted by Gasteiger charge is -2.28. The van der Waals surface area contributed by atoms with Crippen molar-refractivity contribution in [1.29, 1.82) is 0 Å². The molecule has 0 fully saturated rings. The lowest BCUT2D eigenvalue weighted by atomic mass is 10.1. The van der Waals surface area contributed by atoms with Gasteiger partial charge in [-0.15, -0.1) is 0 Å². The van der Waals surface area contributed by atoms with Crippen molar-refractivity contribution in [3.8, 4) is 0 Å². The molecule has 2 heterocycles. The average Bonchev–Trinajstić information content (AvgIpc) is 3.33. The van der Waals surface area contributed by atoms with Crippen LogP contribution in [0.2, 0.25) is 0 Å². The molecule has 4 aromatic rings. The van der Waals surface area contributed by atoms with Crippen LogP contribution in [0.3, 0.4) is 0 Å². The minimum absolute atomic E-state index is 0.0143. The highest BCUT2D eigenvalue weighted by atomic mass is 16.6. The number of carbonyl (C=O) groups excluding carboxylic acids is 2. The number of carboxylic acids is 1. The van der Waals surface area contributed by atoms with Gasteiger partial charge in [0.1, 0.15) is 16.7 Å². The fraction of sp³-hybridized carbons (Fsp3) is 0.406. The third-order valence-corrected chi connectivity index (χ3v) is 6.20. The number of ether oxygens (including phenoxy) is 3. The number of imide groups is 1. The van der Waals surface area contributed by atoms with E-state index in [2.05, 4.69) is 9.97 Å². The lowest BCUT2D eigenvalue weighted by molar-refractivity contribution is 0.0428. The molecule has 0 atom stereocenters. The number of hydrogen-bond acceptors (Lipinski definition) is 8. The molecule has 2 aromatic carbocycles. The highest BCUT2D eigenvalue weighted by Crippen LogP contribution is 2.32. The van der Waals surface area contributed by atoms with Crippen LogP contribution in [0.4, 0.5) is 15.4 Å². The molecule has 43 heavy (non-hydrogen) atoms. The molecular weight excluding hydrogens is 552 g/mol. The summed E-state index contributed by atoms with van der Waals surface area (Å²) in [5.74, 6) is -0.933. The number of aromatic carboxylic acids is 1. The third-order valence-electron chi connectivity index (χ3n) is 6.20. The van der Waals surface area contributed by atoms with Crippen LogP contribution in [0, 0.1) is 0 Å². The lowest BCUT2D eigenvalue weighted by Crippen LogP contribution is -2.44. The molecular formula is C32H38N4O7. The number of rotatable bonds is 9. The number of para-hydroxylation sites is 1. The van der Waals surface area contributed by atoms with Gasteiger partial charge in [0.2, 0.25) is 0 Å². The second-order valence-electron chi connectivity index (χ2n) is 12.1. The summed E-state index contributed by atoms with van der Waals surface area (Å²) in [5, 5.41) is 9.99. The fourth-order valence-corrected chi connectivity index (χ4v) is 4.46. The number of amides is 2. The van der Waals surface area contributed by atoms with Crippen molar-refractivity contribution in [2.75, 3.05) is 18.1 Å². The maximum atomic E-state index is 13.4. The van der Waals surface area contributed by atoms with Gasteiger partial charge in [0.05, 0.1) is 29.5 Å². The number of nitrogens with zero attached hydrogens (tertiary/aromatic N) is 4. The van der Waals surface area contributed by atoms with Crippen molar-refractivity contribution in [3.05, 3.63) is 66.0 Å². The van der Waals surface area contributed by atoms with Crippen molar-refractivity contribution in [3.63, 3.8) is 0 Å². The van der Waals surface area contributed by atoms with Gasteiger partial charge in [0.15, 0.2) is 5.82 Å². The van der Waals surface area contributed by atoms with E-state index in [4.69, 9.17) is 14.2 Å². The van der Waals surface area contributed by atoms with E-state index in [9.17, 15) is 19.5 Å². The van der Waals surface area contributed by atoms with Gasteiger partial charge in [0.25, 0.3) is 0 Å².